The number of nitrogens with one attached hydrogen (secondary N) is 1. The van der Waals surface area contributed by atoms with Crippen LogP contribution >= 0.6 is 11.8 Å². The minimum absolute atomic E-state index is 0.472. The van der Waals surface area contributed by atoms with Crippen molar-refractivity contribution in [3.8, 4) is 0 Å². The van der Waals surface area contributed by atoms with Crippen LogP contribution in [0, 0.1) is 0 Å². The maximum Gasteiger partial charge on any atom is 0.0700 e. The number of hydrogen-bond donors (Lipinski definition) is 1. The molecule has 0 aromatic rings. The van der Waals surface area contributed by atoms with Crippen molar-refractivity contribution in [3.63, 3.8) is 0 Å². The molecule has 0 aliphatic carbocycles. The molecule has 0 aromatic carbocycles. The van der Waals surface area contributed by atoms with E-state index in [1.165, 1.54) is 38.8 Å². The number of ether oxygens (including phenoxy) is 1. The minimum Gasteiger partial charge on any atom is -0.377 e. The van der Waals surface area contributed by atoms with E-state index in [0.717, 1.165) is 24.9 Å². The molecule has 2 aliphatic rings. The lowest BCUT2D eigenvalue weighted by Gasteiger charge is -2.35. The molecule has 106 valence electrons. The zero-order valence-corrected chi connectivity index (χ0v) is 12.7. The first-order chi connectivity index (χ1) is 8.79. The summed E-state index contributed by atoms with van der Waals surface area (Å²) in [5.74, 6) is 0. The number of thioether (sulfide) groups is 1. The van der Waals surface area contributed by atoms with Crippen LogP contribution in [0.25, 0.3) is 0 Å². The van der Waals surface area contributed by atoms with Crippen molar-refractivity contribution in [2.75, 3.05) is 39.0 Å². The third-order valence-corrected chi connectivity index (χ3v) is 5.41. The number of hydrogen-bond acceptors (Lipinski definition) is 4. The van der Waals surface area contributed by atoms with Gasteiger partial charge in [-0.15, -0.1) is 0 Å². The molecule has 2 rings (SSSR count). The normalized spacial score (nSPS) is 28.7. The third kappa shape index (κ3) is 4.41. The summed E-state index contributed by atoms with van der Waals surface area (Å²) in [6.07, 6.45) is 7.91. The van der Waals surface area contributed by atoms with Crippen LogP contribution in [0.4, 0.5) is 0 Å². The lowest BCUT2D eigenvalue weighted by atomic mass is 10.1. The second-order valence-electron chi connectivity index (χ2n) is 5.61. The molecule has 2 unspecified atom stereocenters. The van der Waals surface area contributed by atoms with Gasteiger partial charge < -0.3 is 10.1 Å². The molecule has 2 fully saturated rings. The van der Waals surface area contributed by atoms with Crippen molar-refractivity contribution < 1.29 is 4.74 Å². The zero-order valence-electron chi connectivity index (χ0n) is 11.9. The fourth-order valence-electron chi connectivity index (χ4n) is 2.94. The summed E-state index contributed by atoms with van der Waals surface area (Å²) < 4.78 is 5.63. The Bertz CT molecular complexity index is 226. The van der Waals surface area contributed by atoms with Gasteiger partial charge in [0.1, 0.15) is 0 Å². The average Bonchev–Trinajstić information content (AvgIpc) is 2.92. The molecule has 0 saturated carbocycles. The Hall–Kier alpha value is 0.230. The van der Waals surface area contributed by atoms with Crippen LogP contribution in [0.3, 0.4) is 0 Å². The van der Waals surface area contributed by atoms with Crippen LogP contribution in [0.5, 0.6) is 0 Å². The lowest BCUT2D eigenvalue weighted by molar-refractivity contribution is 0.106. The van der Waals surface area contributed by atoms with Gasteiger partial charge in [0.15, 0.2) is 0 Å². The average molecular weight is 272 g/mol. The fraction of sp³-hybridized carbons (Fsp3) is 1.00. The minimum atomic E-state index is 0.472. The molecule has 0 spiro atoms. The Morgan fingerprint density at radius 2 is 2.11 bits per heavy atom. The van der Waals surface area contributed by atoms with Crippen molar-refractivity contribution >= 4 is 11.8 Å². The van der Waals surface area contributed by atoms with Gasteiger partial charge in [0, 0.05) is 31.0 Å². The van der Waals surface area contributed by atoms with E-state index in [1.54, 1.807) is 0 Å². The standard InChI is InChI=1S/C14H28N2OS/c1-12(10-15-11-13-4-3-9-17-13)16-7-5-14(18-2)6-8-16/h12-15H,3-11H2,1-2H3. The number of rotatable bonds is 6. The van der Waals surface area contributed by atoms with Crippen molar-refractivity contribution in [1.29, 1.82) is 0 Å². The quantitative estimate of drug-likeness (QED) is 0.799. The topological polar surface area (TPSA) is 24.5 Å². The molecule has 1 N–H and O–H groups in total. The Kier molecular flexibility index (Phi) is 6.29. The highest BCUT2D eigenvalue weighted by Gasteiger charge is 2.22. The summed E-state index contributed by atoms with van der Waals surface area (Å²) in [6, 6.07) is 0.661. The van der Waals surface area contributed by atoms with Crippen LogP contribution in [0.15, 0.2) is 0 Å². The van der Waals surface area contributed by atoms with Crippen molar-refractivity contribution in [2.24, 2.45) is 0 Å². The molecule has 0 amide bonds. The van der Waals surface area contributed by atoms with Crippen molar-refractivity contribution in [3.05, 3.63) is 0 Å². The molecule has 4 heteroatoms. The Labute approximate surface area is 116 Å². The summed E-state index contributed by atoms with van der Waals surface area (Å²) in [7, 11) is 0. The Balaban J connectivity index is 1.58. The zero-order chi connectivity index (χ0) is 12.8. The predicted octanol–water partition coefficient (Wildman–Crippen LogP) is 1.97. The second kappa shape index (κ2) is 7.73. The van der Waals surface area contributed by atoms with Gasteiger partial charge in [-0.1, -0.05) is 0 Å². The van der Waals surface area contributed by atoms with Crippen LogP contribution in [-0.2, 0) is 4.74 Å². The van der Waals surface area contributed by atoms with Crippen molar-refractivity contribution in [2.45, 2.75) is 50.0 Å². The molecule has 2 heterocycles. The molecular formula is C14H28N2OS. The first kappa shape index (κ1) is 14.6. The van der Waals surface area contributed by atoms with Gasteiger partial charge in [-0.3, -0.25) is 4.90 Å². The van der Waals surface area contributed by atoms with E-state index in [1.807, 2.05) is 11.8 Å². The maximum absolute atomic E-state index is 5.63. The number of likely N-dealkylation sites (tertiary alicyclic amines) is 1. The molecule has 18 heavy (non-hydrogen) atoms. The summed E-state index contributed by atoms with van der Waals surface area (Å²) >= 11 is 2.04. The van der Waals surface area contributed by atoms with Crippen LogP contribution < -0.4 is 5.32 Å². The molecule has 0 radical (unpaired) electrons. The van der Waals surface area contributed by atoms with Crippen LogP contribution in [0.2, 0.25) is 0 Å². The van der Waals surface area contributed by atoms with Gasteiger partial charge >= 0.3 is 0 Å². The van der Waals surface area contributed by atoms with Gasteiger partial charge in [0.05, 0.1) is 6.10 Å². The van der Waals surface area contributed by atoms with Gasteiger partial charge in [-0.25, -0.2) is 0 Å². The monoisotopic (exact) mass is 272 g/mol. The van der Waals surface area contributed by atoms with E-state index in [9.17, 15) is 0 Å². The lowest BCUT2D eigenvalue weighted by Crippen LogP contribution is -2.46. The molecular weight excluding hydrogens is 244 g/mol. The first-order valence-electron chi connectivity index (χ1n) is 7.38. The van der Waals surface area contributed by atoms with Gasteiger partial charge in [-0.2, -0.15) is 11.8 Å². The summed E-state index contributed by atoms with van der Waals surface area (Å²) in [5.41, 5.74) is 0. The fourth-order valence-corrected chi connectivity index (χ4v) is 3.62. The molecule has 0 bridgehead atoms. The molecule has 3 nitrogen and oxygen atoms in total. The molecule has 2 saturated heterocycles. The van der Waals surface area contributed by atoms with E-state index in [-0.39, 0.29) is 0 Å². The largest absolute Gasteiger partial charge is 0.377 e. The Morgan fingerprint density at radius 1 is 1.33 bits per heavy atom. The van der Waals surface area contributed by atoms with Gasteiger partial charge in [0.2, 0.25) is 0 Å². The van der Waals surface area contributed by atoms with Gasteiger partial charge in [-0.05, 0) is 52.0 Å². The van der Waals surface area contributed by atoms with E-state index in [0.29, 0.717) is 12.1 Å². The van der Waals surface area contributed by atoms with Crippen LogP contribution in [0.1, 0.15) is 32.6 Å². The molecule has 0 aromatic heterocycles. The number of nitrogens with zero attached hydrogens (tertiary/aromatic N) is 1. The summed E-state index contributed by atoms with van der Waals surface area (Å²) in [5, 5.41) is 4.47. The van der Waals surface area contributed by atoms with E-state index >= 15 is 0 Å². The highest BCUT2D eigenvalue weighted by Crippen LogP contribution is 2.22. The van der Waals surface area contributed by atoms with E-state index in [4.69, 9.17) is 4.74 Å². The first-order valence-corrected chi connectivity index (χ1v) is 8.67. The predicted molar refractivity (Wildman–Crippen MR) is 79.4 cm³/mol. The molecule has 2 aliphatic heterocycles. The number of piperidine rings is 1. The summed E-state index contributed by atoms with van der Waals surface area (Å²) in [6.45, 7) is 7.99. The summed E-state index contributed by atoms with van der Waals surface area (Å²) in [4.78, 5) is 2.63. The smallest absolute Gasteiger partial charge is 0.0700 e. The van der Waals surface area contributed by atoms with Crippen LogP contribution in [-0.4, -0.2) is 61.3 Å². The van der Waals surface area contributed by atoms with E-state index in [2.05, 4.69) is 23.4 Å². The van der Waals surface area contributed by atoms with E-state index < -0.39 is 0 Å². The highest BCUT2D eigenvalue weighted by molar-refractivity contribution is 7.99. The second-order valence-corrected chi connectivity index (χ2v) is 6.75. The third-order valence-electron chi connectivity index (χ3n) is 4.27. The maximum atomic E-state index is 5.63. The Morgan fingerprint density at radius 3 is 2.72 bits per heavy atom. The van der Waals surface area contributed by atoms with Gasteiger partial charge in [0.25, 0.3) is 0 Å². The SMILES string of the molecule is CSC1CCN(C(C)CNCC2CCCO2)CC1. The van der Waals surface area contributed by atoms with Crippen molar-refractivity contribution in [1.82, 2.24) is 10.2 Å². The highest BCUT2D eigenvalue weighted by atomic mass is 32.2. The molecule has 2 atom stereocenters.